The van der Waals surface area contributed by atoms with E-state index in [1.54, 1.807) is 4.90 Å². The molecule has 2 aliphatic heterocycles. The molecule has 21 heavy (non-hydrogen) atoms. The second-order valence-electron chi connectivity index (χ2n) is 5.40. The van der Waals surface area contributed by atoms with E-state index in [9.17, 15) is 18.0 Å². The molecule has 0 aliphatic carbocycles. The van der Waals surface area contributed by atoms with Crippen molar-refractivity contribution in [2.45, 2.75) is 24.8 Å². The number of hydrogen-bond donors (Lipinski definition) is 1. The third-order valence-electron chi connectivity index (χ3n) is 3.34. The van der Waals surface area contributed by atoms with Crippen molar-refractivity contribution < 1.29 is 32.6 Å². The van der Waals surface area contributed by atoms with E-state index in [4.69, 9.17) is 14.6 Å². The van der Waals surface area contributed by atoms with Crippen LogP contribution in [0.15, 0.2) is 0 Å². The molecule has 9 heteroatoms. The van der Waals surface area contributed by atoms with Crippen LogP contribution >= 0.6 is 0 Å². The Hall–Kier alpha value is -1.35. The maximum atomic E-state index is 11.8. The molecule has 0 spiro atoms. The van der Waals surface area contributed by atoms with E-state index in [-0.39, 0.29) is 24.0 Å². The number of aliphatic carboxylic acids is 1. The summed E-state index contributed by atoms with van der Waals surface area (Å²) in [5, 5.41) is 7.12. The van der Waals surface area contributed by atoms with Gasteiger partial charge in [0.2, 0.25) is 5.91 Å². The van der Waals surface area contributed by atoms with Crippen molar-refractivity contribution in [3.8, 4) is 0 Å². The Bertz CT molecular complexity index is 400. The molecule has 6 nitrogen and oxygen atoms in total. The first kappa shape index (κ1) is 17.7. The standard InChI is InChI=1S/C10H18N2O2.C2HF3O2/c1-11(2)10(13)8-4-7-5-12(3)6-9(8)14-7;3-2(4,5)1(6)7/h7-9H,4-6H2,1-3H3;(H,6,7)/t7-,8+,9-;/m1./s1. The number of likely N-dealkylation sites (N-methyl/N-ethyl adjacent to an activating group) is 1. The largest absolute Gasteiger partial charge is 0.490 e. The van der Waals surface area contributed by atoms with Crippen LogP contribution < -0.4 is 0 Å². The molecular formula is C12H19F3N2O4. The van der Waals surface area contributed by atoms with E-state index in [1.807, 2.05) is 14.1 Å². The molecule has 2 heterocycles. The number of hydrogen-bond acceptors (Lipinski definition) is 4. The highest BCUT2D eigenvalue weighted by Crippen LogP contribution is 2.32. The van der Waals surface area contributed by atoms with Crippen LogP contribution in [0.4, 0.5) is 13.2 Å². The highest BCUT2D eigenvalue weighted by Gasteiger charge is 2.44. The van der Waals surface area contributed by atoms with Gasteiger partial charge in [0.1, 0.15) is 0 Å². The van der Waals surface area contributed by atoms with E-state index < -0.39 is 12.1 Å². The monoisotopic (exact) mass is 312 g/mol. The number of morpholine rings is 1. The van der Waals surface area contributed by atoms with Crippen molar-refractivity contribution in [2.24, 2.45) is 5.92 Å². The van der Waals surface area contributed by atoms with Crippen molar-refractivity contribution in [2.75, 3.05) is 34.2 Å². The Morgan fingerprint density at radius 1 is 1.29 bits per heavy atom. The molecule has 3 atom stereocenters. The molecule has 1 amide bonds. The number of carboxylic acids is 1. The normalized spacial score (nSPS) is 28.6. The predicted octanol–water partition coefficient (Wildman–Crippen LogP) is 0.427. The number of carbonyl (C=O) groups excluding carboxylic acids is 1. The molecule has 0 aromatic heterocycles. The fourth-order valence-electron chi connectivity index (χ4n) is 2.44. The molecule has 2 bridgehead atoms. The molecule has 0 unspecified atom stereocenters. The number of likely N-dealkylation sites (tertiary alicyclic amines) is 1. The Balaban J connectivity index is 0.000000270. The molecule has 2 saturated heterocycles. The minimum atomic E-state index is -5.08. The number of fused-ring (bicyclic) bond motifs is 2. The molecule has 1 N–H and O–H groups in total. The van der Waals surface area contributed by atoms with Gasteiger partial charge in [-0.05, 0) is 13.5 Å². The number of nitrogens with zero attached hydrogens (tertiary/aromatic N) is 2. The van der Waals surface area contributed by atoms with Gasteiger partial charge in [0, 0.05) is 27.2 Å². The Labute approximate surface area is 120 Å². The summed E-state index contributed by atoms with van der Waals surface area (Å²) in [5.41, 5.74) is 0. The Morgan fingerprint density at radius 2 is 1.81 bits per heavy atom. The zero-order valence-corrected chi connectivity index (χ0v) is 12.1. The maximum Gasteiger partial charge on any atom is 0.490 e. The van der Waals surface area contributed by atoms with Gasteiger partial charge < -0.3 is 19.6 Å². The van der Waals surface area contributed by atoms with Crippen molar-refractivity contribution in [3.05, 3.63) is 0 Å². The van der Waals surface area contributed by atoms with Gasteiger partial charge >= 0.3 is 12.1 Å². The van der Waals surface area contributed by atoms with Crippen LogP contribution in [0.2, 0.25) is 0 Å². The number of carbonyl (C=O) groups is 2. The van der Waals surface area contributed by atoms with Gasteiger partial charge in [-0.15, -0.1) is 0 Å². The van der Waals surface area contributed by atoms with Gasteiger partial charge in [-0.3, -0.25) is 4.79 Å². The average molecular weight is 312 g/mol. The van der Waals surface area contributed by atoms with Crippen LogP contribution in [0, 0.1) is 5.92 Å². The van der Waals surface area contributed by atoms with Gasteiger partial charge in [0.15, 0.2) is 0 Å². The Morgan fingerprint density at radius 3 is 2.24 bits per heavy atom. The SMILES string of the molecule is CN1C[C@H]2C[C@H](C(=O)N(C)C)[C@@H](C1)O2.O=C(O)C(F)(F)F. The third kappa shape index (κ3) is 4.85. The van der Waals surface area contributed by atoms with Crippen molar-refractivity contribution in [1.82, 2.24) is 9.80 Å². The summed E-state index contributed by atoms with van der Waals surface area (Å²) in [6.07, 6.45) is -3.80. The van der Waals surface area contributed by atoms with Crippen LogP contribution in [0.5, 0.6) is 0 Å². The summed E-state index contributed by atoms with van der Waals surface area (Å²) < 4.78 is 37.5. The van der Waals surface area contributed by atoms with Crippen LogP contribution in [0.25, 0.3) is 0 Å². The van der Waals surface area contributed by atoms with Gasteiger partial charge in [-0.1, -0.05) is 0 Å². The van der Waals surface area contributed by atoms with Crippen LogP contribution in [-0.4, -0.2) is 79.4 Å². The molecule has 2 aliphatic rings. The van der Waals surface area contributed by atoms with Crippen molar-refractivity contribution in [3.63, 3.8) is 0 Å². The highest BCUT2D eigenvalue weighted by molar-refractivity contribution is 5.79. The van der Waals surface area contributed by atoms with Gasteiger partial charge in [0.05, 0.1) is 18.1 Å². The molecular weight excluding hydrogens is 293 g/mol. The van der Waals surface area contributed by atoms with Crippen molar-refractivity contribution >= 4 is 11.9 Å². The van der Waals surface area contributed by atoms with Crippen LogP contribution in [0.1, 0.15) is 6.42 Å². The first-order chi connectivity index (χ1) is 9.52. The number of ether oxygens (including phenoxy) is 1. The minimum Gasteiger partial charge on any atom is -0.475 e. The zero-order valence-electron chi connectivity index (χ0n) is 12.1. The summed E-state index contributed by atoms with van der Waals surface area (Å²) in [5.74, 6) is -2.46. The fraction of sp³-hybridized carbons (Fsp3) is 0.833. The number of alkyl halides is 3. The van der Waals surface area contributed by atoms with Crippen LogP contribution in [-0.2, 0) is 14.3 Å². The molecule has 0 radical (unpaired) electrons. The average Bonchev–Trinajstić information content (AvgIpc) is 2.63. The maximum absolute atomic E-state index is 11.8. The smallest absolute Gasteiger partial charge is 0.475 e. The zero-order chi connectivity index (χ0) is 16.4. The third-order valence-corrected chi connectivity index (χ3v) is 3.34. The molecule has 122 valence electrons. The summed E-state index contributed by atoms with van der Waals surface area (Å²) in [4.78, 5) is 24.6. The summed E-state index contributed by atoms with van der Waals surface area (Å²) in [7, 11) is 5.72. The predicted molar refractivity (Wildman–Crippen MR) is 66.6 cm³/mol. The lowest BCUT2D eigenvalue weighted by atomic mass is 9.99. The quantitative estimate of drug-likeness (QED) is 0.760. The van der Waals surface area contributed by atoms with Crippen molar-refractivity contribution in [1.29, 1.82) is 0 Å². The Kier molecular flexibility index (Phi) is 5.57. The molecule has 0 aromatic carbocycles. The molecule has 0 aromatic rings. The molecule has 2 fully saturated rings. The number of amides is 1. The first-order valence-corrected chi connectivity index (χ1v) is 6.37. The second-order valence-corrected chi connectivity index (χ2v) is 5.40. The summed E-state index contributed by atoms with van der Waals surface area (Å²) >= 11 is 0. The minimum absolute atomic E-state index is 0.0833. The van der Waals surface area contributed by atoms with E-state index in [0.29, 0.717) is 0 Å². The second kappa shape index (κ2) is 6.61. The number of carboxylic acid groups (broad SMARTS) is 1. The molecule has 2 rings (SSSR count). The van der Waals surface area contributed by atoms with E-state index in [0.717, 1.165) is 19.5 Å². The van der Waals surface area contributed by atoms with E-state index in [1.165, 1.54) is 0 Å². The lowest BCUT2D eigenvalue weighted by Gasteiger charge is -2.29. The van der Waals surface area contributed by atoms with Gasteiger partial charge in [0.25, 0.3) is 0 Å². The number of rotatable bonds is 1. The van der Waals surface area contributed by atoms with Crippen LogP contribution in [0.3, 0.4) is 0 Å². The highest BCUT2D eigenvalue weighted by atomic mass is 19.4. The lowest BCUT2D eigenvalue weighted by Crippen LogP contribution is -2.43. The van der Waals surface area contributed by atoms with Gasteiger partial charge in [-0.2, -0.15) is 13.2 Å². The van der Waals surface area contributed by atoms with Gasteiger partial charge in [-0.25, -0.2) is 4.79 Å². The molecule has 0 saturated carbocycles. The topological polar surface area (TPSA) is 70.1 Å². The lowest BCUT2D eigenvalue weighted by molar-refractivity contribution is -0.192. The summed E-state index contributed by atoms with van der Waals surface area (Å²) in [6, 6.07) is 0. The fourth-order valence-corrected chi connectivity index (χ4v) is 2.44. The summed E-state index contributed by atoms with van der Waals surface area (Å²) in [6.45, 7) is 1.86. The number of halogens is 3. The van der Waals surface area contributed by atoms with E-state index >= 15 is 0 Å². The van der Waals surface area contributed by atoms with E-state index in [2.05, 4.69) is 11.9 Å². The first-order valence-electron chi connectivity index (χ1n) is 6.37.